The van der Waals surface area contributed by atoms with Gasteiger partial charge in [-0.2, -0.15) is 0 Å². The topological polar surface area (TPSA) is 55.2 Å². The number of benzene rings is 2. The lowest BCUT2D eigenvalue weighted by Crippen LogP contribution is -2.42. The molecule has 4 rings (SSSR count). The number of carbonyl (C=O) groups is 1. The van der Waals surface area contributed by atoms with Crippen LogP contribution in [0.5, 0.6) is 0 Å². The van der Waals surface area contributed by atoms with Crippen LogP contribution in [0.25, 0.3) is 16.6 Å². The van der Waals surface area contributed by atoms with E-state index in [0.29, 0.717) is 22.0 Å². The average Bonchev–Trinajstić information content (AvgIpc) is 2.74. The number of rotatable bonds is 4. The summed E-state index contributed by atoms with van der Waals surface area (Å²) in [5.74, 6) is 0.788. The number of likely N-dealkylation sites (tertiary alicyclic amines) is 1. The Bertz CT molecular complexity index is 1070. The molecule has 0 N–H and O–H groups in total. The number of nitrogens with zero attached hydrogens (tertiary/aromatic N) is 3. The van der Waals surface area contributed by atoms with Gasteiger partial charge in [-0.25, -0.2) is 4.98 Å². The summed E-state index contributed by atoms with van der Waals surface area (Å²) in [4.78, 5) is 32.9. The van der Waals surface area contributed by atoms with Crippen LogP contribution in [0.4, 0.5) is 0 Å². The summed E-state index contributed by atoms with van der Waals surface area (Å²) in [6.07, 6.45) is 2.10. The Balaban J connectivity index is 1.71. The maximum absolute atomic E-state index is 13.3. The van der Waals surface area contributed by atoms with E-state index in [4.69, 9.17) is 4.98 Å². The standard InChI is InChI=1S/C23H25N3O2S/c1-16-12-14-25(15-13-16)21(27)17(2)29-23-24-20-11-7-6-10-19(20)22(28)26(23)18-8-4-3-5-9-18/h3-11,16-17H,12-15H2,1-2H3. The first-order valence-electron chi connectivity index (χ1n) is 10.1. The van der Waals surface area contributed by atoms with Crippen molar-refractivity contribution >= 4 is 28.6 Å². The van der Waals surface area contributed by atoms with Crippen molar-refractivity contribution in [1.29, 1.82) is 0 Å². The van der Waals surface area contributed by atoms with Crippen LogP contribution in [0.15, 0.2) is 64.5 Å². The van der Waals surface area contributed by atoms with E-state index in [1.54, 1.807) is 10.6 Å². The maximum atomic E-state index is 13.3. The summed E-state index contributed by atoms with van der Waals surface area (Å²) in [5.41, 5.74) is 1.29. The molecule has 5 nitrogen and oxygen atoms in total. The largest absolute Gasteiger partial charge is 0.342 e. The van der Waals surface area contributed by atoms with Gasteiger partial charge in [-0.05, 0) is 49.9 Å². The molecular weight excluding hydrogens is 382 g/mol. The van der Waals surface area contributed by atoms with Gasteiger partial charge in [0.1, 0.15) is 0 Å². The van der Waals surface area contributed by atoms with Gasteiger partial charge in [-0.15, -0.1) is 0 Å². The molecule has 2 heterocycles. The Hall–Kier alpha value is -2.60. The molecule has 1 fully saturated rings. The molecular formula is C23H25N3O2S. The fourth-order valence-corrected chi connectivity index (χ4v) is 4.70. The summed E-state index contributed by atoms with van der Waals surface area (Å²) in [5, 5.41) is 0.808. The minimum absolute atomic E-state index is 0.115. The second-order valence-electron chi connectivity index (χ2n) is 7.66. The zero-order chi connectivity index (χ0) is 20.4. The van der Waals surface area contributed by atoms with Crippen LogP contribution in [0.3, 0.4) is 0 Å². The van der Waals surface area contributed by atoms with Crippen molar-refractivity contribution in [3.63, 3.8) is 0 Å². The van der Waals surface area contributed by atoms with E-state index in [1.165, 1.54) is 11.8 Å². The van der Waals surface area contributed by atoms with Crippen molar-refractivity contribution in [2.24, 2.45) is 5.92 Å². The molecule has 1 aliphatic rings. The number of hydrogen-bond donors (Lipinski definition) is 0. The highest BCUT2D eigenvalue weighted by Gasteiger charge is 2.26. The monoisotopic (exact) mass is 407 g/mol. The Morgan fingerprint density at radius 2 is 1.72 bits per heavy atom. The molecule has 0 aliphatic carbocycles. The van der Waals surface area contributed by atoms with E-state index in [9.17, 15) is 9.59 Å². The first kappa shape index (κ1) is 19.7. The van der Waals surface area contributed by atoms with Crippen molar-refractivity contribution in [1.82, 2.24) is 14.5 Å². The zero-order valence-electron chi connectivity index (χ0n) is 16.7. The van der Waals surface area contributed by atoms with Gasteiger partial charge in [0.05, 0.1) is 21.8 Å². The lowest BCUT2D eigenvalue weighted by Gasteiger charge is -2.32. The van der Waals surface area contributed by atoms with Crippen LogP contribution in [-0.4, -0.2) is 38.7 Å². The Morgan fingerprint density at radius 3 is 2.45 bits per heavy atom. The quantitative estimate of drug-likeness (QED) is 0.482. The average molecular weight is 408 g/mol. The molecule has 2 aromatic carbocycles. The molecule has 1 aliphatic heterocycles. The molecule has 1 aromatic heterocycles. The SMILES string of the molecule is CC1CCN(C(=O)C(C)Sc2nc3ccccc3c(=O)n2-c2ccccc2)CC1. The molecule has 0 bridgehead atoms. The number of thioether (sulfide) groups is 1. The maximum Gasteiger partial charge on any atom is 0.266 e. The minimum atomic E-state index is -0.313. The summed E-state index contributed by atoms with van der Waals surface area (Å²) >= 11 is 1.36. The number of aromatic nitrogens is 2. The van der Waals surface area contributed by atoms with Gasteiger partial charge < -0.3 is 4.90 Å². The number of para-hydroxylation sites is 2. The number of carbonyl (C=O) groups excluding carboxylic acids is 1. The van der Waals surface area contributed by atoms with E-state index in [2.05, 4.69) is 6.92 Å². The van der Waals surface area contributed by atoms with Crippen LogP contribution in [0.1, 0.15) is 26.7 Å². The third-order valence-corrected chi connectivity index (χ3v) is 6.52. The fraction of sp³-hybridized carbons (Fsp3) is 0.348. The van der Waals surface area contributed by atoms with Crippen LogP contribution in [0, 0.1) is 5.92 Å². The fourth-order valence-electron chi connectivity index (χ4n) is 3.69. The number of hydrogen-bond acceptors (Lipinski definition) is 4. The third-order valence-electron chi connectivity index (χ3n) is 5.48. The molecule has 0 radical (unpaired) electrons. The van der Waals surface area contributed by atoms with Crippen molar-refractivity contribution < 1.29 is 4.79 Å². The highest BCUT2D eigenvalue weighted by Crippen LogP contribution is 2.27. The molecule has 0 saturated carbocycles. The van der Waals surface area contributed by atoms with E-state index in [-0.39, 0.29) is 16.7 Å². The van der Waals surface area contributed by atoms with Crippen molar-refractivity contribution in [2.45, 2.75) is 37.1 Å². The normalized spacial score (nSPS) is 16.1. The lowest BCUT2D eigenvalue weighted by atomic mass is 9.99. The van der Waals surface area contributed by atoms with Crippen LogP contribution < -0.4 is 5.56 Å². The molecule has 29 heavy (non-hydrogen) atoms. The van der Waals surface area contributed by atoms with Crippen molar-refractivity contribution in [3.8, 4) is 5.69 Å². The van der Waals surface area contributed by atoms with Gasteiger partial charge in [0, 0.05) is 13.1 Å². The van der Waals surface area contributed by atoms with Crippen LogP contribution in [0.2, 0.25) is 0 Å². The van der Waals surface area contributed by atoms with Gasteiger partial charge >= 0.3 is 0 Å². The molecule has 3 aromatic rings. The van der Waals surface area contributed by atoms with E-state index in [0.717, 1.165) is 31.6 Å². The van der Waals surface area contributed by atoms with E-state index >= 15 is 0 Å². The summed E-state index contributed by atoms with van der Waals surface area (Å²) in [6.45, 7) is 5.75. The van der Waals surface area contributed by atoms with Gasteiger partial charge in [-0.1, -0.05) is 49.0 Å². The lowest BCUT2D eigenvalue weighted by molar-refractivity contribution is -0.131. The predicted molar refractivity (Wildman–Crippen MR) is 118 cm³/mol. The first-order valence-corrected chi connectivity index (χ1v) is 10.9. The first-order chi connectivity index (χ1) is 14.0. The molecule has 6 heteroatoms. The summed E-state index contributed by atoms with van der Waals surface area (Å²) < 4.78 is 1.62. The third kappa shape index (κ3) is 4.08. The smallest absolute Gasteiger partial charge is 0.266 e. The molecule has 1 amide bonds. The van der Waals surface area contributed by atoms with Crippen molar-refractivity contribution in [3.05, 3.63) is 65.0 Å². The number of piperidine rings is 1. The second kappa shape index (κ2) is 8.41. The molecule has 0 spiro atoms. The summed E-state index contributed by atoms with van der Waals surface area (Å²) in [7, 11) is 0. The van der Waals surface area contributed by atoms with Gasteiger partial charge in [-0.3, -0.25) is 14.2 Å². The van der Waals surface area contributed by atoms with Crippen LogP contribution in [-0.2, 0) is 4.79 Å². The van der Waals surface area contributed by atoms with Gasteiger partial charge in [0.15, 0.2) is 5.16 Å². The van der Waals surface area contributed by atoms with Gasteiger partial charge in [0.25, 0.3) is 5.56 Å². The Morgan fingerprint density at radius 1 is 1.07 bits per heavy atom. The van der Waals surface area contributed by atoms with E-state index < -0.39 is 0 Å². The minimum Gasteiger partial charge on any atom is -0.342 e. The van der Waals surface area contributed by atoms with Crippen molar-refractivity contribution in [2.75, 3.05) is 13.1 Å². The number of fused-ring (bicyclic) bond motifs is 1. The summed E-state index contributed by atoms with van der Waals surface area (Å²) in [6, 6.07) is 16.8. The Labute approximate surface area is 174 Å². The number of amides is 1. The highest BCUT2D eigenvalue weighted by atomic mass is 32.2. The Kier molecular flexibility index (Phi) is 5.72. The van der Waals surface area contributed by atoms with Crippen LogP contribution >= 0.6 is 11.8 Å². The molecule has 150 valence electrons. The molecule has 1 unspecified atom stereocenters. The van der Waals surface area contributed by atoms with Gasteiger partial charge in [0.2, 0.25) is 5.91 Å². The predicted octanol–water partition coefficient (Wildman–Crippen LogP) is 4.12. The zero-order valence-corrected chi connectivity index (χ0v) is 17.6. The second-order valence-corrected chi connectivity index (χ2v) is 8.96. The van der Waals surface area contributed by atoms with E-state index in [1.807, 2.05) is 60.4 Å². The molecule has 1 atom stereocenters. The highest BCUT2D eigenvalue weighted by molar-refractivity contribution is 8.00. The molecule has 1 saturated heterocycles.